The van der Waals surface area contributed by atoms with Gasteiger partial charge in [0.05, 0.1) is 6.04 Å². The Morgan fingerprint density at radius 2 is 2.03 bits per heavy atom. The quantitative estimate of drug-likeness (QED) is 0.447. The molecule has 0 spiro atoms. The number of ketones is 1. The Kier molecular flexibility index (Phi) is 4.86. The van der Waals surface area contributed by atoms with Crippen LogP contribution >= 0.6 is 0 Å². The van der Waals surface area contributed by atoms with E-state index in [4.69, 9.17) is 10.1 Å². The average molecular weight is 442 g/mol. The van der Waals surface area contributed by atoms with Crippen molar-refractivity contribution in [2.45, 2.75) is 51.0 Å². The number of aromatic nitrogens is 5. The number of rotatable bonds is 7. The Morgan fingerprint density at radius 3 is 2.85 bits per heavy atom. The van der Waals surface area contributed by atoms with Gasteiger partial charge in [0.25, 0.3) is 0 Å². The molecular weight excluding hydrogens is 414 g/mol. The molecular formula is C25H27N7O. The van der Waals surface area contributed by atoms with Gasteiger partial charge in [0.15, 0.2) is 17.4 Å². The number of hydrogen-bond donors (Lipinski definition) is 2. The van der Waals surface area contributed by atoms with E-state index in [0.29, 0.717) is 24.1 Å². The fourth-order valence-electron chi connectivity index (χ4n) is 4.63. The van der Waals surface area contributed by atoms with Crippen LogP contribution < -0.4 is 10.2 Å². The molecule has 33 heavy (non-hydrogen) atoms. The third kappa shape index (κ3) is 3.97. The Morgan fingerprint density at radius 1 is 1.18 bits per heavy atom. The lowest BCUT2D eigenvalue weighted by Gasteiger charge is -2.24. The highest BCUT2D eigenvalue weighted by molar-refractivity contribution is 5.89. The van der Waals surface area contributed by atoms with Gasteiger partial charge in [-0.05, 0) is 50.3 Å². The predicted molar refractivity (Wildman–Crippen MR) is 127 cm³/mol. The van der Waals surface area contributed by atoms with Gasteiger partial charge in [0, 0.05) is 36.8 Å². The van der Waals surface area contributed by atoms with Gasteiger partial charge in [-0.3, -0.25) is 9.89 Å². The largest absolute Gasteiger partial charge is 0.329 e. The van der Waals surface area contributed by atoms with E-state index >= 15 is 0 Å². The number of carbonyl (C=O) groups is 1. The van der Waals surface area contributed by atoms with Gasteiger partial charge in [0.2, 0.25) is 5.95 Å². The lowest BCUT2D eigenvalue weighted by atomic mass is 10.0. The van der Waals surface area contributed by atoms with E-state index < -0.39 is 0 Å². The summed E-state index contributed by atoms with van der Waals surface area (Å²) in [6.07, 6.45) is 6.54. The number of fused-ring (bicyclic) bond motifs is 1. The molecule has 2 aliphatic rings. The summed E-state index contributed by atoms with van der Waals surface area (Å²) in [5, 5.41) is 15.6. The summed E-state index contributed by atoms with van der Waals surface area (Å²) in [4.78, 5) is 20.1. The van der Waals surface area contributed by atoms with Gasteiger partial charge in [-0.15, -0.1) is 5.10 Å². The van der Waals surface area contributed by atoms with Gasteiger partial charge in [-0.2, -0.15) is 10.1 Å². The molecule has 1 saturated carbocycles. The number of aryl methyl sites for hydroxylation is 1. The molecule has 1 aliphatic carbocycles. The van der Waals surface area contributed by atoms with Crippen LogP contribution in [-0.2, 0) is 11.2 Å². The number of Topliss-reactive ketones (excluding diaryl/α,β-unsaturated/α-hetero) is 1. The lowest BCUT2D eigenvalue weighted by Crippen LogP contribution is -2.38. The second-order valence-corrected chi connectivity index (χ2v) is 9.19. The maximum Gasteiger partial charge on any atom is 0.246 e. The number of carbonyl (C=O) groups excluding carboxylic acids is 1. The number of nitrogens with one attached hydrogen (secondary N) is 2. The van der Waals surface area contributed by atoms with Crippen molar-refractivity contribution in [2.75, 3.05) is 16.8 Å². The molecule has 0 unspecified atom stereocenters. The zero-order valence-corrected chi connectivity index (χ0v) is 18.7. The number of H-pyrrole nitrogens is 1. The molecule has 1 saturated heterocycles. The highest BCUT2D eigenvalue weighted by atomic mass is 16.1. The van der Waals surface area contributed by atoms with Crippen LogP contribution in [-0.4, -0.2) is 43.2 Å². The smallest absolute Gasteiger partial charge is 0.246 e. The maximum absolute atomic E-state index is 13.2. The molecule has 0 amide bonds. The third-order valence-corrected chi connectivity index (χ3v) is 6.62. The summed E-state index contributed by atoms with van der Waals surface area (Å²) in [6.45, 7) is 2.82. The molecule has 1 atom stereocenters. The summed E-state index contributed by atoms with van der Waals surface area (Å²) in [5.41, 5.74) is 4.28. The molecule has 8 nitrogen and oxygen atoms in total. The van der Waals surface area contributed by atoms with E-state index in [1.165, 1.54) is 24.1 Å². The molecule has 2 N–H and O–H groups in total. The molecule has 1 aliphatic heterocycles. The van der Waals surface area contributed by atoms with Crippen LogP contribution in [0.1, 0.15) is 48.4 Å². The molecule has 1 aromatic carbocycles. The zero-order chi connectivity index (χ0) is 22.4. The monoisotopic (exact) mass is 441 g/mol. The molecule has 3 aromatic heterocycles. The van der Waals surface area contributed by atoms with Crippen LogP contribution in [0.4, 0.5) is 17.6 Å². The van der Waals surface area contributed by atoms with Crippen molar-refractivity contribution in [1.29, 1.82) is 0 Å². The second-order valence-electron chi connectivity index (χ2n) is 9.19. The highest BCUT2D eigenvalue weighted by Crippen LogP contribution is 2.39. The second kappa shape index (κ2) is 8.03. The van der Waals surface area contributed by atoms with E-state index in [1.54, 1.807) is 0 Å². The fourth-order valence-corrected chi connectivity index (χ4v) is 4.63. The van der Waals surface area contributed by atoms with Gasteiger partial charge in [0.1, 0.15) is 5.52 Å². The number of aromatic amines is 1. The molecule has 2 fully saturated rings. The number of benzene rings is 1. The Balaban J connectivity index is 1.27. The molecule has 4 heterocycles. The minimum Gasteiger partial charge on any atom is -0.329 e. The summed E-state index contributed by atoms with van der Waals surface area (Å²) in [5.74, 6) is 2.82. The fraction of sp³-hybridized carbons (Fsp3) is 0.360. The number of hydrogen-bond acceptors (Lipinski definition) is 6. The van der Waals surface area contributed by atoms with Gasteiger partial charge in [-0.25, -0.2) is 4.52 Å². The topological polar surface area (TPSA) is 91.2 Å². The van der Waals surface area contributed by atoms with Crippen molar-refractivity contribution in [2.24, 2.45) is 0 Å². The van der Waals surface area contributed by atoms with E-state index in [0.717, 1.165) is 36.3 Å². The summed E-state index contributed by atoms with van der Waals surface area (Å²) in [7, 11) is 0. The molecule has 168 valence electrons. The van der Waals surface area contributed by atoms with Crippen molar-refractivity contribution in [1.82, 2.24) is 24.8 Å². The van der Waals surface area contributed by atoms with Crippen molar-refractivity contribution in [3.8, 4) is 0 Å². The van der Waals surface area contributed by atoms with E-state index in [2.05, 4.69) is 45.5 Å². The van der Waals surface area contributed by atoms with Crippen LogP contribution in [0.25, 0.3) is 5.52 Å². The SMILES string of the molecule is Cc1ccc(CC(=O)[C@@H]2CCCN2c2nc(Nc3cc(C4CC4)[nH]n3)c3cccn3n2)cc1. The Hall–Kier alpha value is -3.68. The van der Waals surface area contributed by atoms with Gasteiger partial charge >= 0.3 is 0 Å². The van der Waals surface area contributed by atoms with E-state index in [1.807, 2.05) is 35.0 Å². The first-order chi connectivity index (χ1) is 16.1. The van der Waals surface area contributed by atoms with E-state index in [-0.39, 0.29) is 11.8 Å². The lowest BCUT2D eigenvalue weighted by molar-refractivity contribution is -0.119. The highest BCUT2D eigenvalue weighted by Gasteiger charge is 2.33. The first kappa shape index (κ1) is 20.0. The Bertz CT molecular complexity index is 1300. The molecule has 6 rings (SSSR count). The normalized spacial score (nSPS) is 18.2. The first-order valence-corrected chi connectivity index (χ1v) is 11.7. The summed E-state index contributed by atoms with van der Waals surface area (Å²) < 4.78 is 1.82. The van der Waals surface area contributed by atoms with Crippen molar-refractivity contribution in [3.63, 3.8) is 0 Å². The summed E-state index contributed by atoms with van der Waals surface area (Å²) >= 11 is 0. The van der Waals surface area contributed by atoms with Crippen LogP contribution in [0.5, 0.6) is 0 Å². The molecule has 0 bridgehead atoms. The van der Waals surface area contributed by atoms with Crippen molar-refractivity contribution in [3.05, 3.63) is 65.5 Å². The third-order valence-electron chi connectivity index (χ3n) is 6.62. The minimum absolute atomic E-state index is 0.209. The molecule has 0 radical (unpaired) electrons. The number of anilines is 3. The van der Waals surface area contributed by atoms with E-state index in [9.17, 15) is 4.79 Å². The van der Waals surface area contributed by atoms with Crippen molar-refractivity contribution < 1.29 is 4.79 Å². The van der Waals surface area contributed by atoms with Crippen LogP contribution in [0, 0.1) is 6.92 Å². The predicted octanol–water partition coefficient (Wildman–Crippen LogP) is 4.16. The molecule has 4 aromatic rings. The average Bonchev–Trinajstić information content (AvgIpc) is 3.20. The van der Waals surface area contributed by atoms with Crippen LogP contribution in [0.3, 0.4) is 0 Å². The van der Waals surface area contributed by atoms with Crippen LogP contribution in [0.2, 0.25) is 0 Å². The van der Waals surface area contributed by atoms with Gasteiger partial charge in [-0.1, -0.05) is 29.8 Å². The minimum atomic E-state index is -0.209. The maximum atomic E-state index is 13.2. The summed E-state index contributed by atoms with van der Waals surface area (Å²) in [6, 6.07) is 14.0. The Labute approximate surface area is 192 Å². The van der Waals surface area contributed by atoms with Gasteiger partial charge < -0.3 is 10.2 Å². The molecule has 8 heteroatoms. The zero-order valence-electron chi connectivity index (χ0n) is 18.7. The van der Waals surface area contributed by atoms with Crippen LogP contribution in [0.15, 0.2) is 48.7 Å². The number of nitrogens with zero attached hydrogens (tertiary/aromatic N) is 5. The standard InChI is InChI=1S/C25H27N7O/c1-16-6-8-17(9-7-16)14-22(33)20-4-2-12-31(20)25-27-24(21-5-3-13-32(21)30-25)26-23-15-19(28-29-23)18-10-11-18/h3,5-9,13,15,18,20H,2,4,10-12,14H2,1H3,(H2,26,27,28,29,30)/t20-/m0/s1. The van der Waals surface area contributed by atoms with Crippen molar-refractivity contribution >= 4 is 28.9 Å². The first-order valence-electron chi connectivity index (χ1n) is 11.7.